The van der Waals surface area contributed by atoms with Gasteiger partial charge in [0.25, 0.3) is 0 Å². The molecule has 4 aromatic carbocycles. The molecule has 0 bridgehead atoms. The first-order valence-corrected chi connectivity index (χ1v) is 13.1. The molecule has 0 saturated carbocycles. The molecule has 4 heterocycles. The second kappa shape index (κ2) is 5.69. The Balaban J connectivity index is 1.76. The Morgan fingerprint density at radius 1 is 0.686 bits per heavy atom. The van der Waals surface area contributed by atoms with Crippen molar-refractivity contribution in [3.8, 4) is 11.3 Å². The standard InChI is InChI=1S/C32H22N2S/c1-32(2)21-12-6-4-9-17(21)29-27(32)20-15-16-23-26-25-19(11-8-13-22(25)33(23)3)31-30(34(29)28(20)26)18-10-5-7-14-24(18)35-31/h4-16H,1-3H3. The highest BCUT2D eigenvalue weighted by atomic mass is 32.1. The van der Waals surface area contributed by atoms with Crippen molar-refractivity contribution >= 4 is 69.7 Å². The Morgan fingerprint density at radius 2 is 1.46 bits per heavy atom. The third-order valence-electron chi connectivity index (χ3n) is 8.64. The van der Waals surface area contributed by atoms with Gasteiger partial charge >= 0.3 is 0 Å². The number of nitrogens with zero attached hydrogens (tertiary/aromatic N) is 2. The number of fused-ring (bicyclic) bond motifs is 10. The predicted molar refractivity (Wildman–Crippen MR) is 151 cm³/mol. The van der Waals surface area contributed by atoms with Crippen LogP contribution in [0.1, 0.15) is 25.0 Å². The lowest BCUT2D eigenvalue weighted by molar-refractivity contribution is 0.666. The molecular weight excluding hydrogens is 444 g/mol. The summed E-state index contributed by atoms with van der Waals surface area (Å²) in [6, 6.07) is 29.6. The van der Waals surface area contributed by atoms with Gasteiger partial charge in [0.05, 0.1) is 26.9 Å². The van der Waals surface area contributed by atoms with Gasteiger partial charge in [-0.15, -0.1) is 11.3 Å². The second-order valence-electron chi connectivity index (χ2n) is 10.6. The van der Waals surface area contributed by atoms with E-state index in [9.17, 15) is 0 Å². The van der Waals surface area contributed by atoms with Gasteiger partial charge in [-0.25, -0.2) is 0 Å². The van der Waals surface area contributed by atoms with Crippen LogP contribution in [0, 0.1) is 0 Å². The SMILES string of the molecule is Cn1c2cccc3c4sc5ccccc5c4n4c5c(c6ccc1c(c32)c64)C(C)(C)c1ccccc1-5. The summed E-state index contributed by atoms with van der Waals surface area (Å²) in [4.78, 5) is 0. The minimum absolute atomic E-state index is 0.0539. The van der Waals surface area contributed by atoms with E-state index in [-0.39, 0.29) is 5.41 Å². The zero-order valence-corrected chi connectivity index (χ0v) is 20.6. The highest BCUT2D eigenvalue weighted by molar-refractivity contribution is 7.26. The molecule has 0 radical (unpaired) electrons. The highest BCUT2D eigenvalue weighted by Crippen LogP contribution is 2.56. The fourth-order valence-electron chi connectivity index (χ4n) is 7.21. The Hall–Kier alpha value is -3.82. The Kier molecular flexibility index (Phi) is 3.01. The van der Waals surface area contributed by atoms with Crippen LogP contribution in [0.5, 0.6) is 0 Å². The van der Waals surface area contributed by atoms with E-state index in [0.29, 0.717) is 0 Å². The van der Waals surface area contributed by atoms with Crippen LogP contribution in [-0.4, -0.2) is 8.97 Å². The molecule has 35 heavy (non-hydrogen) atoms. The molecule has 0 unspecified atom stereocenters. The molecule has 3 heteroatoms. The monoisotopic (exact) mass is 466 g/mol. The smallest absolute Gasteiger partial charge is 0.0727 e. The number of thiophene rings is 1. The highest BCUT2D eigenvalue weighted by Gasteiger charge is 2.41. The van der Waals surface area contributed by atoms with Crippen molar-refractivity contribution in [3.05, 3.63) is 90.0 Å². The lowest BCUT2D eigenvalue weighted by atomic mass is 9.81. The Bertz CT molecular complexity index is 2200. The molecule has 0 aliphatic heterocycles. The second-order valence-corrected chi connectivity index (χ2v) is 11.7. The Morgan fingerprint density at radius 3 is 2.37 bits per heavy atom. The van der Waals surface area contributed by atoms with Crippen LogP contribution in [0.3, 0.4) is 0 Å². The molecule has 0 amide bonds. The summed E-state index contributed by atoms with van der Waals surface area (Å²) >= 11 is 1.93. The van der Waals surface area contributed by atoms with Crippen LogP contribution in [0.4, 0.5) is 0 Å². The van der Waals surface area contributed by atoms with E-state index >= 15 is 0 Å². The normalized spacial score (nSPS) is 14.9. The van der Waals surface area contributed by atoms with Crippen molar-refractivity contribution in [1.82, 2.24) is 8.97 Å². The van der Waals surface area contributed by atoms with Crippen LogP contribution in [0.25, 0.3) is 69.7 Å². The first-order valence-electron chi connectivity index (χ1n) is 12.3. The van der Waals surface area contributed by atoms with Gasteiger partial charge in [-0.05, 0) is 29.3 Å². The van der Waals surface area contributed by atoms with Crippen molar-refractivity contribution in [1.29, 1.82) is 0 Å². The van der Waals surface area contributed by atoms with Crippen molar-refractivity contribution in [2.75, 3.05) is 0 Å². The van der Waals surface area contributed by atoms with Gasteiger partial charge in [-0.3, -0.25) is 0 Å². The zero-order chi connectivity index (χ0) is 23.2. The number of aromatic nitrogens is 2. The zero-order valence-electron chi connectivity index (χ0n) is 19.8. The first kappa shape index (κ1) is 18.5. The van der Waals surface area contributed by atoms with E-state index in [2.05, 4.69) is 109 Å². The number of hydrogen-bond acceptors (Lipinski definition) is 1. The summed E-state index contributed by atoms with van der Waals surface area (Å²) in [5.74, 6) is 0. The molecular formula is C32H22N2S. The molecule has 0 saturated heterocycles. The summed E-state index contributed by atoms with van der Waals surface area (Å²) < 4.78 is 7.76. The number of rotatable bonds is 0. The van der Waals surface area contributed by atoms with Gasteiger partial charge in [-0.1, -0.05) is 74.5 Å². The average molecular weight is 467 g/mol. The van der Waals surface area contributed by atoms with E-state index in [1.807, 2.05) is 11.3 Å². The summed E-state index contributed by atoms with van der Waals surface area (Å²) in [5.41, 5.74) is 10.9. The largest absolute Gasteiger partial charge is 0.344 e. The fourth-order valence-corrected chi connectivity index (χ4v) is 8.43. The van der Waals surface area contributed by atoms with Crippen LogP contribution >= 0.6 is 11.3 Å². The third kappa shape index (κ3) is 1.87. The van der Waals surface area contributed by atoms with E-state index in [1.165, 1.54) is 80.8 Å². The van der Waals surface area contributed by atoms with Crippen molar-refractivity contribution < 1.29 is 0 Å². The quantitative estimate of drug-likeness (QED) is 0.211. The summed E-state index contributed by atoms with van der Waals surface area (Å²) in [6.07, 6.45) is 0. The van der Waals surface area contributed by atoms with Gasteiger partial charge in [0.15, 0.2) is 0 Å². The third-order valence-corrected chi connectivity index (χ3v) is 9.84. The molecule has 166 valence electrons. The van der Waals surface area contributed by atoms with E-state index in [1.54, 1.807) is 0 Å². The van der Waals surface area contributed by atoms with Gasteiger partial charge in [-0.2, -0.15) is 0 Å². The minimum atomic E-state index is -0.0539. The van der Waals surface area contributed by atoms with E-state index in [0.717, 1.165) is 0 Å². The molecule has 4 aromatic heterocycles. The summed E-state index contributed by atoms with van der Waals surface area (Å²) in [6.45, 7) is 4.80. The van der Waals surface area contributed by atoms with Crippen LogP contribution in [-0.2, 0) is 12.5 Å². The minimum Gasteiger partial charge on any atom is -0.344 e. The van der Waals surface area contributed by atoms with E-state index in [4.69, 9.17) is 0 Å². The van der Waals surface area contributed by atoms with Gasteiger partial charge in [0.1, 0.15) is 0 Å². The number of aryl methyl sites for hydroxylation is 1. The summed E-state index contributed by atoms with van der Waals surface area (Å²) in [5, 5.41) is 6.88. The lowest BCUT2D eigenvalue weighted by Crippen LogP contribution is -2.14. The van der Waals surface area contributed by atoms with Crippen molar-refractivity contribution in [3.63, 3.8) is 0 Å². The van der Waals surface area contributed by atoms with Crippen LogP contribution < -0.4 is 0 Å². The van der Waals surface area contributed by atoms with Gasteiger partial charge in [0, 0.05) is 55.2 Å². The van der Waals surface area contributed by atoms with Crippen molar-refractivity contribution in [2.45, 2.75) is 19.3 Å². The van der Waals surface area contributed by atoms with Crippen LogP contribution in [0.2, 0.25) is 0 Å². The average Bonchev–Trinajstić information content (AvgIpc) is 3.54. The van der Waals surface area contributed by atoms with Gasteiger partial charge in [0.2, 0.25) is 0 Å². The van der Waals surface area contributed by atoms with E-state index < -0.39 is 0 Å². The molecule has 0 spiro atoms. The van der Waals surface area contributed by atoms with Crippen molar-refractivity contribution in [2.24, 2.45) is 7.05 Å². The number of benzene rings is 4. The number of hydrogen-bond donors (Lipinski definition) is 0. The molecule has 0 fully saturated rings. The predicted octanol–water partition coefficient (Wildman–Crippen LogP) is 8.85. The maximum Gasteiger partial charge on any atom is 0.0727 e. The summed E-state index contributed by atoms with van der Waals surface area (Å²) in [7, 11) is 2.22. The molecule has 1 aliphatic rings. The van der Waals surface area contributed by atoms with Gasteiger partial charge < -0.3 is 8.97 Å². The van der Waals surface area contributed by atoms with Crippen LogP contribution in [0.15, 0.2) is 78.9 Å². The first-order chi connectivity index (χ1) is 17.1. The molecule has 1 aliphatic carbocycles. The molecule has 0 N–H and O–H groups in total. The molecule has 2 nitrogen and oxygen atoms in total. The maximum atomic E-state index is 2.65. The fraction of sp³-hybridized carbons (Fsp3) is 0.125. The topological polar surface area (TPSA) is 9.34 Å². The molecule has 8 aromatic rings. The molecule has 9 rings (SSSR count). The lowest BCUT2D eigenvalue weighted by Gasteiger charge is -2.21. The molecule has 0 atom stereocenters. The Labute approximate surface area is 206 Å². The maximum absolute atomic E-state index is 2.65.